The first-order chi connectivity index (χ1) is 13.5. The van der Waals surface area contributed by atoms with Gasteiger partial charge in [0.25, 0.3) is 0 Å². The minimum absolute atomic E-state index is 0.0323. The van der Waals surface area contributed by atoms with Gasteiger partial charge >= 0.3 is 0 Å². The zero-order valence-corrected chi connectivity index (χ0v) is 17.5. The Morgan fingerprint density at radius 3 is 3.00 bits per heavy atom. The lowest BCUT2D eigenvalue weighted by Crippen LogP contribution is -2.47. The van der Waals surface area contributed by atoms with Crippen LogP contribution in [0, 0.1) is 6.92 Å². The number of aryl methyl sites for hydroxylation is 1. The minimum atomic E-state index is -0.0323. The number of amides is 1. The number of aliphatic imine (C=N–C) groups is 1. The molecule has 1 aliphatic rings. The first-order valence-electron chi connectivity index (χ1n) is 9.56. The van der Waals surface area contributed by atoms with Crippen molar-refractivity contribution in [1.29, 1.82) is 0 Å². The number of fused-ring (bicyclic) bond motifs is 1. The van der Waals surface area contributed by atoms with Crippen molar-refractivity contribution in [1.82, 2.24) is 15.5 Å². The van der Waals surface area contributed by atoms with E-state index in [1.807, 2.05) is 43.0 Å². The highest BCUT2D eigenvalue weighted by molar-refractivity contribution is 7.10. The number of guanidine groups is 1. The molecule has 0 bridgehead atoms. The number of ether oxygens (including phenoxy) is 1. The summed E-state index contributed by atoms with van der Waals surface area (Å²) < 4.78 is 5.92. The van der Waals surface area contributed by atoms with Crippen molar-refractivity contribution in [3.63, 3.8) is 0 Å². The number of carbonyl (C=O) groups is 1. The second-order valence-electron chi connectivity index (χ2n) is 6.99. The van der Waals surface area contributed by atoms with Gasteiger partial charge in [-0.25, -0.2) is 0 Å². The Morgan fingerprint density at radius 2 is 2.21 bits per heavy atom. The number of nitrogens with one attached hydrogen (secondary N) is 2. The number of carbonyl (C=O) groups excluding carboxylic acids is 1. The van der Waals surface area contributed by atoms with Crippen LogP contribution in [0.5, 0.6) is 5.75 Å². The van der Waals surface area contributed by atoms with Crippen molar-refractivity contribution >= 4 is 23.2 Å². The van der Waals surface area contributed by atoms with E-state index in [2.05, 4.69) is 27.1 Å². The predicted octanol–water partition coefficient (Wildman–Crippen LogP) is 2.57. The van der Waals surface area contributed by atoms with Crippen LogP contribution < -0.4 is 15.4 Å². The van der Waals surface area contributed by atoms with Crippen molar-refractivity contribution in [2.24, 2.45) is 4.99 Å². The van der Waals surface area contributed by atoms with Crippen molar-refractivity contribution in [3.8, 4) is 5.75 Å². The average molecular weight is 401 g/mol. The molecule has 2 heterocycles. The summed E-state index contributed by atoms with van der Waals surface area (Å²) in [6, 6.07) is 10.1. The van der Waals surface area contributed by atoms with Gasteiger partial charge in [0, 0.05) is 25.0 Å². The lowest BCUT2D eigenvalue weighted by molar-refractivity contribution is -0.130. The summed E-state index contributed by atoms with van der Waals surface area (Å²) in [7, 11) is 1.70. The lowest BCUT2D eigenvalue weighted by Gasteiger charge is -2.27. The Morgan fingerprint density at radius 1 is 1.36 bits per heavy atom. The van der Waals surface area contributed by atoms with E-state index in [1.165, 1.54) is 16.0 Å². The van der Waals surface area contributed by atoms with E-state index >= 15 is 0 Å². The SMILES string of the molecule is CN=C(NCC(=O)N1CCc2sccc2C1)NCC(C)Oc1cccc(C)c1. The third-order valence-electron chi connectivity index (χ3n) is 4.67. The third-order valence-corrected chi connectivity index (χ3v) is 5.70. The summed E-state index contributed by atoms with van der Waals surface area (Å²) in [5, 5.41) is 8.43. The van der Waals surface area contributed by atoms with E-state index in [-0.39, 0.29) is 18.6 Å². The smallest absolute Gasteiger partial charge is 0.242 e. The molecule has 1 aliphatic heterocycles. The summed E-state index contributed by atoms with van der Waals surface area (Å²) in [5.41, 5.74) is 2.44. The number of rotatable bonds is 6. The molecule has 0 fully saturated rings. The quantitative estimate of drug-likeness (QED) is 0.578. The summed E-state index contributed by atoms with van der Waals surface area (Å²) in [5.74, 6) is 1.54. The van der Waals surface area contributed by atoms with Gasteiger partial charge in [-0.1, -0.05) is 12.1 Å². The van der Waals surface area contributed by atoms with E-state index in [4.69, 9.17) is 4.74 Å². The molecule has 0 saturated carbocycles. The van der Waals surface area contributed by atoms with Crippen molar-refractivity contribution in [2.45, 2.75) is 32.9 Å². The van der Waals surface area contributed by atoms with Crippen LogP contribution in [0.2, 0.25) is 0 Å². The van der Waals surface area contributed by atoms with Crippen LogP contribution in [0.3, 0.4) is 0 Å². The van der Waals surface area contributed by atoms with Crippen LogP contribution in [-0.4, -0.2) is 49.6 Å². The minimum Gasteiger partial charge on any atom is -0.489 e. The summed E-state index contributed by atoms with van der Waals surface area (Å²) in [4.78, 5) is 20.0. The molecular formula is C21H28N4O2S. The van der Waals surface area contributed by atoms with Gasteiger partial charge in [0.1, 0.15) is 11.9 Å². The summed E-state index contributed by atoms with van der Waals surface area (Å²) in [6.45, 7) is 6.34. The molecule has 1 unspecified atom stereocenters. The molecule has 1 amide bonds. The van der Waals surface area contributed by atoms with Gasteiger partial charge in [-0.15, -0.1) is 11.3 Å². The highest BCUT2D eigenvalue weighted by atomic mass is 32.1. The number of benzene rings is 1. The van der Waals surface area contributed by atoms with Gasteiger partial charge in [-0.2, -0.15) is 0 Å². The largest absolute Gasteiger partial charge is 0.489 e. The Bertz CT molecular complexity index is 833. The molecule has 1 aromatic heterocycles. The van der Waals surface area contributed by atoms with Crippen LogP contribution in [0.25, 0.3) is 0 Å². The average Bonchev–Trinajstić information content (AvgIpc) is 3.15. The molecule has 150 valence electrons. The Labute approximate surface area is 170 Å². The molecular weight excluding hydrogens is 372 g/mol. The van der Waals surface area contributed by atoms with Gasteiger partial charge in [0.15, 0.2) is 5.96 Å². The van der Waals surface area contributed by atoms with Gasteiger partial charge in [0.2, 0.25) is 5.91 Å². The Hall–Kier alpha value is -2.54. The first kappa shape index (κ1) is 20.2. The molecule has 0 spiro atoms. The van der Waals surface area contributed by atoms with Gasteiger partial charge in [0.05, 0.1) is 13.1 Å². The zero-order valence-electron chi connectivity index (χ0n) is 16.7. The summed E-state index contributed by atoms with van der Waals surface area (Å²) >= 11 is 1.78. The molecule has 0 aliphatic carbocycles. The van der Waals surface area contributed by atoms with Crippen molar-refractivity contribution in [2.75, 3.05) is 26.7 Å². The van der Waals surface area contributed by atoms with Crippen LogP contribution in [0.1, 0.15) is 22.9 Å². The molecule has 2 aromatic rings. The monoisotopic (exact) mass is 400 g/mol. The number of thiophene rings is 1. The molecule has 7 heteroatoms. The normalized spacial score (nSPS) is 15.0. The second kappa shape index (κ2) is 9.59. The van der Waals surface area contributed by atoms with Crippen LogP contribution in [0.15, 0.2) is 40.7 Å². The highest BCUT2D eigenvalue weighted by Gasteiger charge is 2.21. The number of hydrogen-bond donors (Lipinski definition) is 2. The summed E-state index contributed by atoms with van der Waals surface area (Å²) in [6.07, 6.45) is 0.912. The maximum absolute atomic E-state index is 12.5. The van der Waals surface area contributed by atoms with E-state index in [0.29, 0.717) is 19.0 Å². The van der Waals surface area contributed by atoms with Crippen LogP contribution in [-0.2, 0) is 17.8 Å². The first-order valence-corrected chi connectivity index (χ1v) is 10.4. The predicted molar refractivity (Wildman–Crippen MR) is 114 cm³/mol. The fourth-order valence-corrected chi connectivity index (χ4v) is 4.05. The molecule has 0 radical (unpaired) electrons. The maximum atomic E-state index is 12.5. The second-order valence-corrected chi connectivity index (χ2v) is 7.99. The van der Waals surface area contributed by atoms with Gasteiger partial charge < -0.3 is 20.3 Å². The number of hydrogen-bond acceptors (Lipinski definition) is 4. The third kappa shape index (κ3) is 5.48. The molecule has 6 nitrogen and oxygen atoms in total. The zero-order chi connectivity index (χ0) is 19.9. The van der Waals surface area contributed by atoms with E-state index in [9.17, 15) is 4.79 Å². The Balaban J connectivity index is 1.41. The fraction of sp³-hybridized carbons (Fsp3) is 0.429. The van der Waals surface area contributed by atoms with Gasteiger partial charge in [-0.05, 0) is 55.0 Å². The van der Waals surface area contributed by atoms with Crippen molar-refractivity contribution in [3.05, 3.63) is 51.7 Å². The molecule has 2 N–H and O–H groups in total. The fourth-order valence-electron chi connectivity index (χ4n) is 3.16. The topological polar surface area (TPSA) is 66.0 Å². The standard InChI is InChI=1S/C21H28N4O2S/c1-15-5-4-6-18(11-15)27-16(2)12-23-21(22-3)24-13-20(26)25-9-7-19-17(14-25)8-10-28-19/h4-6,8,10-11,16H,7,9,12-14H2,1-3H3,(H2,22,23,24). The molecule has 0 saturated heterocycles. The van der Waals surface area contributed by atoms with E-state index < -0.39 is 0 Å². The highest BCUT2D eigenvalue weighted by Crippen LogP contribution is 2.23. The molecule has 1 atom stereocenters. The Kier molecular flexibility index (Phi) is 6.92. The van der Waals surface area contributed by atoms with E-state index in [0.717, 1.165) is 18.7 Å². The van der Waals surface area contributed by atoms with E-state index in [1.54, 1.807) is 18.4 Å². The molecule has 3 rings (SSSR count). The molecule has 1 aromatic carbocycles. The molecule has 28 heavy (non-hydrogen) atoms. The van der Waals surface area contributed by atoms with Crippen molar-refractivity contribution < 1.29 is 9.53 Å². The van der Waals surface area contributed by atoms with Crippen LogP contribution in [0.4, 0.5) is 0 Å². The lowest BCUT2D eigenvalue weighted by atomic mass is 10.1. The van der Waals surface area contributed by atoms with Crippen LogP contribution >= 0.6 is 11.3 Å². The maximum Gasteiger partial charge on any atom is 0.242 e. The number of nitrogens with zero attached hydrogens (tertiary/aromatic N) is 2. The van der Waals surface area contributed by atoms with Gasteiger partial charge in [-0.3, -0.25) is 9.79 Å².